The first-order valence-electron chi connectivity index (χ1n) is 6.81. The van der Waals surface area contributed by atoms with E-state index in [-0.39, 0.29) is 0 Å². The van der Waals surface area contributed by atoms with Crippen LogP contribution in [-0.2, 0) is 0 Å². The fraction of sp³-hybridized carbons (Fsp3) is 0.0526. The van der Waals surface area contributed by atoms with Gasteiger partial charge in [-0.25, -0.2) is 0 Å². The molecule has 0 aliphatic carbocycles. The lowest BCUT2D eigenvalue weighted by atomic mass is 10.2. The average Bonchev–Trinajstić information content (AvgIpc) is 2.84. The quantitative estimate of drug-likeness (QED) is 0.555. The van der Waals surface area contributed by atoms with Crippen molar-refractivity contribution in [1.82, 2.24) is 4.57 Å². The number of nitrogens with zero attached hydrogens (tertiary/aromatic N) is 1. The van der Waals surface area contributed by atoms with E-state index >= 15 is 0 Å². The summed E-state index contributed by atoms with van der Waals surface area (Å²) >= 11 is 0. The molecule has 0 amide bonds. The molecule has 0 spiro atoms. The van der Waals surface area contributed by atoms with Crippen molar-refractivity contribution in [2.75, 3.05) is 0 Å². The second kappa shape index (κ2) is 5.22. The predicted octanol–water partition coefficient (Wildman–Crippen LogP) is 5.40. The highest BCUT2D eigenvalue weighted by Gasteiger charge is 2.10. The van der Waals surface area contributed by atoms with Crippen molar-refractivity contribution < 1.29 is 0 Å². The molecule has 98 valence electrons. The van der Waals surface area contributed by atoms with Crippen LogP contribution in [0.4, 0.5) is 0 Å². The van der Waals surface area contributed by atoms with Crippen LogP contribution >= 0.6 is 0 Å². The van der Waals surface area contributed by atoms with Gasteiger partial charge in [-0.15, -0.1) is 0 Å². The Kier molecular flexibility index (Phi) is 3.26. The van der Waals surface area contributed by atoms with E-state index in [9.17, 15) is 0 Å². The maximum Gasteiger partial charge on any atom is 0.0540 e. The molecule has 0 bridgehead atoms. The fourth-order valence-electron chi connectivity index (χ4n) is 2.67. The van der Waals surface area contributed by atoms with E-state index in [1.807, 2.05) is 6.08 Å². The monoisotopic (exact) mass is 259 g/mol. The number of fused-ring (bicyclic) bond motifs is 3. The minimum Gasteiger partial charge on any atom is -0.310 e. The number of para-hydroxylation sites is 2. The summed E-state index contributed by atoms with van der Waals surface area (Å²) in [7, 11) is 0. The molecule has 0 saturated heterocycles. The van der Waals surface area contributed by atoms with Crippen LogP contribution in [0.2, 0.25) is 0 Å². The number of benzene rings is 2. The third-order valence-corrected chi connectivity index (χ3v) is 3.54. The van der Waals surface area contributed by atoms with Crippen LogP contribution in [-0.4, -0.2) is 4.57 Å². The maximum atomic E-state index is 3.75. The van der Waals surface area contributed by atoms with Gasteiger partial charge in [-0.05, 0) is 25.1 Å². The molecule has 0 N–H and O–H groups in total. The highest BCUT2D eigenvalue weighted by Crippen LogP contribution is 2.31. The molecular weight excluding hydrogens is 242 g/mol. The van der Waals surface area contributed by atoms with Gasteiger partial charge < -0.3 is 4.57 Å². The summed E-state index contributed by atoms with van der Waals surface area (Å²) in [6.45, 7) is 5.81. The highest BCUT2D eigenvalue weighted by molar-refractivity contribution is 6.10. The second-order valence-electron chi connectivity index (χ2n) is 4.68. The number of hydrogen-bond donors (Lipinski definition) is 0. The molecule has 0 unspecified atom stereocenters. The minimum absolute atomic E-state index is 1.15. The van der Waals surface area contributed by atoms with Crippen LogP contribution in [0.1, 0.15) is 6.92 Å². The Labute approximate surface area is 119 Å². The molecule has 3 aromatic rings. The van der Waals surface area contributed by atoms with E-state index in [1.165, 1.54) is 21.8 Å². The molecule has 0 aliphatic heterocycles. The van der Waals surface area contributed by atoms with E-state index < -0.39 is 0 Å². The van der Waals surface area contributed by atoms with Crippen molar-refractivity contribution >= 4 is 27.5 Å². The van der Waals surface area contributed by atoms with Crippen LogP contribution in [0.3, 0.4) is 0 Å². The molecule has 1 aromatic heterocycles. The molecule has 0 atom stereocenters. The minimum atomic E-state index is 1.15. The maximum absolute atomic E-state index is 3.75. The van der Waals surface area contributed by atoms with Gasteiger partial charge >= 0.3 is 0 Å². The molecule has 0 radical (unpaired) electrons. The number of allylic oxidation sites excluding steroid dienone is 5. The standard InChI is InChI=1S/C19H17N/c1-3-5-10-15(4-2)20-18-13-8-6-11-16(18)17-12-7-9-14-19(17)20/h3-14H,1H2,2H3/b10-5-,15-4+. The van der Waals surface area contributed by atoms with Gasteiger partial charge in [0, 0.05) is 16.5 Å². The third kappa shape index (κ3) is 1.88. The Balaban J connectivity index is 2.42. The van der Waals surface area contributed by atoms with E-state index in [0.717, 1.165) is 5.70 Å². The predicted molar refractivity (Wildman–Crippen MR) is 88.7 cm³/mol. The Hall–Kier alpha value is -2.54. The van der Waals surface area contributed by atoms with Crippen LogP contribution in [0.15, 0.2) is 79.4 Å². The van der Waals surface area contributed by atoms with Gasteiger partial charge in [0.1, 0.15) is 0 Å². The summed E-state index contributed by atoms with van der Waals surface area (Å²) < 4.78 is 2.30. The van der Waals surface area contributed by atoms with E-state index in [2.05, 4.69) is 78.8 Å². The lowest BCUT2D eigenvalue weighted by molar-refractivity contribution is 1.23. The smallest absolute Gasteiger partial charge is 0.0540 e. The molecule has 1 heterocycles. The fourth-order valence-corrected chi connectivity index (χ4v) is 2.67. The van der Waals surface area contributed by atoms with Gasteiger partial charge in [0.2, 0.25) is 0 Å². The summed E-state index contributed by atoms with van der Waals surface area (Å²) in [5.41, 5.74) is 3.62. The van der Waals surface area contributed by atoms with Gasteiger partial charge in [0.25, 0.3) is 0 Å². The van der Waals surface area contributed by atoms with Crippen LogP contribution in [0, 0.1) is 0 Å². The van der Waals surface area contributed by atoms with Crippen molar-refractivity contribution in [2.24, 2.45) is 0 Å². The van der Waals surface area contributed by atoms with Gasteiger partial charge in [-0.2, -0.15) is 0 Å². The zero-order valence-electron chi connectivity index (χ0n) is 11.6. The largest absolute Gasteiger partial charge is 0.310 e. The SMILES string of the molecule is C=C/C=C\C(=C/C)n1c2ccccc2c2ccccc21. The lowest BCUT2D eigenvalue weighted by Gasteiger charge is -2.08. The van der Waals surface area contributed by atoms with Gasteiger partial charge in [-0.1, -0.05) is 61.2 Å². The van der Waals surface area contributed by atoms with Crippen molar-refractivity contribution in [3.05, 3.63) is 79.4 Å². The van der Waals surface area contributed by atoms with E-state index in [4.69, 9.17) is 0 Å². The molecule has 2 aromatic carbocycles. The Morgan fingerprint density at radius 2 is 1.50 bits per heavy atom. The molecule has 0 saturated carbocycles. The molecule has 0 fully saturated rings. The highest BCUT2D eigenvalue weighted by atomic mass is 15.0. The zero-order valence-corrected chi connectivity index (χ0v) is 11.6. The number of rotatable bonds is 3. The van der Waals surface area contributed by atoms with Gasteiger partial charge in [0.15, 0.2) is 0 Å². The summed E-state index contributed by atoms with van der Waals surface area (Å²) in [6.07, 6.45) is 7.99. The summed E-state index contributed by atoms with van der Waals surface area (Å²) in [6, 6.07) is 17.0. The van der Waals surface area contributed by atoms with E-state index in [1.54, 1.807) is 6.08 Å². The molecule has 0 aliphatic rings. The van der Waals surface area contributed by atoms with Crippen molar-refractivity contribution in [3.8, 4) is 0 Å². The lowest BCUT2D eigenvalue weighted by Crippen LogP contribution is -1.93. The zero-order chi connectivity index (χ0) is 13.9. The Bertz CT molecular complexity index is 778. The van der Waals surface area contributed by atoms with Crippen LogP contribution < -0.4 is 0 Å². The van der Waals surface area contributed by atoms with Crippen molar-refractivity contribution in [2.45, 2.75) is 6.92 Å². The molecule has 20 heavy (non-hydrogen) atoms. The van der Waals surface area contributed by atoms with E-state index in [0.29, 0.717) is 0 Å². The van der Waals surface area contributed by atoms with Crippen LogP contribution in [0.5, 0.6) is 0 Å². The third-order valence-electron chi connectivity index (χ3n) is 3.54. The van der Waals surface area contributed by atoms with Gasteiger partial charge in [0.05, 0.1) is 11.0 Å². The second-order valence-corrected chi connectivity index (χ2v) is 4.68. The first kappa shape index (κ1) is 12.5. The summed E-state index contributed by atoms with van der Waals surface area (Å²) in [5, 5.41) is 2.57. The summed E-state index contributed by atoms with van der Waals surface area (Å²) in [4.78, 5) is 0. The van der Waals surface area contributed by atoms with Crippen LogP contribution in [0.25, 0.3) is 27.5 Å². The average molecular weight is 259 g/mol. The molecule has 3 rings (SSSR count). The van der Waals surface area contributed by atoms with Gasteiger partial charge in [-0.3, -0.25) is 0 Å². The Morgan fingerprint density at radius 1 is 0.950 bits per heavy atom. The first-order valence-corrected chi connectivity index (χ1v) is 6.81. The molecule has 1 heteroatoms. The summed E-state index contributed by atoms with van der Waals surface area (Å²) in [5.74, 6) is 0. The Morgan fingerprint density at radius 3 is 2.00 bits per heavy atom. The number of hydrogen-bond acceptors (Lipinski definition) is 0. The topological polar surface area (TPSA) is 4.93 Å². The molecule has 1 nitrogen and oxygen atoms in total. The molecular formula is C19H17N. The number of aromatic nitrogens is 1. The normalized spacial score (nSPS) is 12.6. The van der Waals surface area contributed by atoms with Crippen molar-refractivity contribution in [1.29, 1.82) is 0 Å². The van der Waals surface area contributed by atoms with Crippen molar-refractivity contribution in [3.63, 3.8) is 0 Å². The first-order chi connectivity index (χ1) is 9.86.